The van der Waals surface area contributed by atoms with Gasteiger partial charge in [0.15, 0.2) is 0 Å². The van der Waals surface area contributed by atoms with Crippen LogP contribution in [0, 0.1) is 0 Å². The fourth-order valence-corrected chi connectivity index (χ4v) is 4.08. The molecule has 0 atom stereocenters. The topological polar surface area (TPSA) is 80.1 Å². The predicted molar refractivity (Wildman–Crippen MR) is 87.6 cm³/mol. The van der Waals surface area contributed by atoms with E-state index in [-0.39, 0.29) is 4.90 Å². The van der Waals surface area contributed by atoms with Gasteiger partial charge in [-0.15, -0.1) is 0 Å². The average Bonchev–Trinajstić information content (AvgIpc) is 3.25. The van der Waals surface area contributed by atoms with Gasteiger partial charge < -0.3 is 9.88 Å². The first-order chi connectivity index (χ1) is 11.2. The molecule has 124 valence electrons. The van der Waals surface area contributed by atoms with Crippen molar-refractivity contribution in [3.63, 3.8) is 0 Å². The summed E-state index contributed by atoms with van der Waals surface area (Å²) in [6.45, 7) is 2.87. The van der Waals surface area contributed by atoms with E-state index in [9.17, 15) is 8.42 Å². The number of anilines is 1. The summed E-state index contributed by atoms with van der Waals surface area (Å²) in [6.07, 6.45) is 9.71. The maximum Gasteiger partial charge on any atom is 0.244 e. The molecule has 8 heteroatoms. The summed E-state index contributed by atoms with van der Waals surface area (Å²) in [5.41, 5.74) is 0. The van der Waals surface area contributed by atoms with Crippen LogP contribution in [0.3, 0.4) is 0 Å². The second-order valence-corrected chi connectivity index (χ2v) is 7.51. The van der Waals surface area contributed by atoms with Crippen LogP contribution < -0.4 is 5.32 Å². The number of nitrogens with one attached hydrogen (secondary N) is 1. The summed E-state index contributed by atoms with van der Waals surface area (Å²) in [4.78, 5) is 8.48. The van der Waals surface area contributed by atoms with Crippen LogP contribution in [-0.4, -0.2) is 46.9 Å². The van der Waals surface area contributed by atoms with Crippen LogP contribution in [0.15, 0.2) is 41.9 Å². The summed E-state index contributed by atoms with van der Waals surface area (Å²) >= 11 is 0. The largest absolute Gasteiger partial charge is 0.370 e. The van der Waals surface area contributed by atoms with E-state index in [1.54, 1.807) is 24.7 Å². The molecule has 0 amide bonds. The Balaban J connectivity index is 1.52. The zero-order valence-electron chi connectivity index (χ0n) is 12.9. The number of aryl methyl sites for hydroxylation is 1. The maximum absolute atomic E-state index is 12.4. The van der Waals surface area contributed by atoms with Gasteiger partial charge in [0.2, 0.25) is 10.0 Å². The monoisotopic (exact) mass is 335 g/mol. The van der Waals surface area contributed by atoms with Gasteiger partial charge in [0.05, 0.1) is 6.33 Å². The summed E-state index contributed by atoms with van der Waals surface area (Å²) in [5.74, 6) is 0.691. The molecular formula is C15H21N5O2S. The van der Waals surface area contributed by atoms with Gasteiger partial charge in [-0.2, -0.15) is 4.31 Å². The lowest BCUT2D eigenvalue weighted by Gasteiger charge is -2.15. The average molecular weight is 335 g/mol. The molecule has 1 fully saturated rings. The summed E-state index contributed by atoms with van der Waals surface area (Å²) in [5, 5.41) is 3.20. The summed E-state index contributed by atoms with van der Waals surface area (Å²) in [7, 11) is -3.38. The molecule has 0 bridgehead atoms. The molecule has 1 aliphatic rings. The number of aromatic nitrogens is 3. The number of sulfonamides is 1. The molecule has 7 nitrogen and oxygen atoms in total. The van der Waals surface area contributed by atoms with Gasteiger partial charge in [0, 0.05) is 44.8 Å². The molecular weight excluding hydrogens is 314 g/mol. The van der Waals surface area contributed by atoms with E-state index in [0.717, 1.165) is 32.4 Å². The van der Waals surface area contributed by atoms with E-state index >= 15 is 0 Å². The van der Waals surface area contributed by atoms with Gasteiger partial charge in [-0.25, -0.2) is 18.4 Å². The Kier molecular flexibility index (Phi) is 4.92. The zero-order chi connectivity index (χ0) is 16.1. The van der Waals surface area contributed by atoms with Crippen LogP contribution in [0.25, 0.3) is 0 Å². The number of hydrogen-bond donors (Lipinski definition) is 1. The molecule has 0 spiro atoms. The van der Waals surface area contributed by atoms with Crippen LogP contribution in [0.5, 0.6) is 0 Å². The molecule has 23 heavy (non-hydrogen) atoms. The first-order valence-corrected chi connectivity index (χ1v) is 9.26. The third kappa shape index (κ3) is 3.89. The molecule has 0 unspecified atom stereocenters. The van der Waals surface area contributed by atoms with Gasteiger partial charge in [-0.05, 0) is 31.4 Å². The normalized spacial score (nSPS) is 15.8. The highest BCUT2D eigenvalue weighted by Crippen LogP contribution is 2.20. The lowest BCUT2D eigenvalue weighted by atomic mass is 10.4. The Morgan fingerprint density at radius 1 is 1.22 bits per heavy atom. The molecule has 2 aromatic heterocycles. The van der Waals surface area contributed by atoms with Gasteiger partial charge in [0.1, 0.15) is 10.7 Å². The van der Waals surface area contributed by atoms with Crippen LogP contribution in [-0.2, 0) is 16.6 Å². The molecule has 3 rings (SSSR count). The maximum atomic E-state index is 12.4. The highest BCUT2D eigenvalue weighted by atomic mass is 32.2. The molecule has 0 aliphatic carbocycles. The fourth-order valence-electron chi connectivity index (χ4n) is 2.61. The van der Waals surface area contributed by atoms with E-state index in [1.165, 1.54) is 10.5 Å². The van der Waals surface area contributed by atoms with Crippen LogP contribution in [0.4, 0.5) is 5.82 Å². The van der Waals surface area contributed by atoms with Crippen molar-refractivity contribution in [2.75, 3.05) is 25.0 Å². The molecule has 0 aromatic carbocycles. The minimum absolute atomic E-state index is 0.267. The van der Waals surface area contributed by atoms with Gasteiger partial charge >= 0.3 is 0 Å². The van der Waals surface area contributed by atoms with Gasteiger partial charge in [0.25, 0.3) is 0 Å². The fraction of sp³-hybridized carbons (Fsp3) is 0.467. The third-order valence-electron chi connectivity index (χ3n) is 3.90. The van der Waals surface area contributed by atoms with Crippen molar-refractivity contribution in [3.8, 4) is 0 Å². The van der Waals surface area contributed by atoms with Gasteiger partial charge in [-0.1, -0.05) is 0 Å². The third-order valence-corrected chi connectivity index (χ3v) is 5.78. The summed E-state index contributed by atoms with van der Waals surface area (Å²) in [6, 6.07) is 3.35. The summed E-state index contributed by atoms with van der Waals surface area (Å²) < 4.78 is 28.3. The van der Waals surface area contributed by atoms with Crippen LogP contribution in [0.1, 0.15) is 19.3 Å². The Morgan fingerprint density at radius 2 is 2.04 bits per heavy atom. The quantitative estimate of drug-likeness (QED) is 0.777. The smallest absolute Gasteiger partial charge is 0.244 e. The number of imidazole rings is 1. The first-order valence-electron chi connectivity index (χ1n) is 7.82. The molecule has 3 heterocycles. The number of pyridine rings is 1. The highest BCUT2D eigenvalue weighted by Gasteiger charge is 2.27. The van der Waals surface area contributed by atoms with Crippen molar-refractivity contribution in [3.05, 3.63) is 37.1 Å². The molecule has 0 saturated carbocycles. The zero-order valence-corrected chi connectivity index (χ0v) is 13.7. The Labute approximate surface area is 136 Å². The van der Waals surface area contributed by atoms with E-state index < -0.39 is 10.0 Å². The standard InChI is InChI=1S/C15H21N5O2S/c21-23(22,20-9-1-2-10-20)14-4-5-15(18-12-14)17-6-3-8-19-11-7-16-13-19/h4-5,7,11-13H,1-3,6,8-10H2,(H,17,18). The minimum Gasteiger partial charge on any atom is -0.370 e. The van der Waals surface area contributed by atoms with E-state index in [0.29, 0.717) is 18.9 Å². The first kappa shape index (κ1) is 15.9. The predicted octanol–water partition coefficient (Wildman–Crippen LogP) is 1.56. The Bertz CT molecular complexity index is 707. The van der Waals surface area contributed by atoms with Gasteiger partial charge in [-0.3, -0.25) is 0 Å². The molecule has 1 aliphatic heterocycles. The van der Waals surface area contributed by atoms with Crippen molar-refractivity contribution in [2.45, 2.75) is 30.7 Å². The van der Waals surface area contributed by atoms with E-state index in [1.807, 2.05) is 10.8 Å². The Morgan fingerprint density at radius 3 is 2.70 bits per heavy atom. The number of hydrogen-bond acceptors (Lipinski definition) is 5. The second-order valence-electron chi connectivity index (χ2n) is 5.57. The highest BCUT2D eigenvalue weighted by molar-refractivity contribution is 7.89. The van der Waals surface area contributed by atoms with Crippen molar-refractivity contribution >= 4 is 15.8 Å². The number of nitrogens with zero attached hydrogens (tertiary/aromatic N) is 4. The van der Waals surface area contributed by atoms with Crippen molar-refractivity contribution in [2.24, 2.45) is 0 Å². The Hall–Kier alpha value is -1.93. The molecule has 1 saturated heterocycles. The van der Waals surface area contributed by atoms with Crippen LogP contribution in [0.2, 0.25) is 0 Å². The minimum atomic E-state index is -3.38. The molecule has 2 aromatic rings. The van der Waals surface area contributed by atoms with Crippen molar-refractivity contribution < 1.29 is 8.42 Å². The molecule has 0 radical (unpaired) electrons. The second kappa shape index (κ2) is 7.10. The van der Waals surface area contributed by atoms with E-state index in [2.05, 4.69) is 15.3 Å². The number of rotatable bonds is 7. The lowest BCUT2D eigenvalue weighted by Crippen LogP contribution is -2.27. The SMILES string of the molecule is O=S(=O)(c1ccc(NCCCn2ccnc2)nc1)N1CCCC1. The van der Waals surface area contributed by atoms with Crippen LogP contribution >= 0.6 is 0 Å². The van der Waals surface area contributed by atoms with Crippen molar-refractivity contribution in [1.29, 1.82) is 0 Å². The molecule has 1 N–H and O–H groups in total. The van der Waals surface area contributed by atoms with Crippen molar-refractivity contribution in [1.82, 2.24) is 18.8 Å². The lowest BCUT2D eigenvalue weighted by molar-refractivity contribution is 0.477. The van der Waals surface area contributed by atoms with E-state index in [4.69, 9.17) is 0 Å².